The Morgan fingerprint density at radius 1 is 1.09 bits per heavy atom. The van der Waals surface area contributed by atoms with Crippen LogP contribution in [0.2, 0.25) is 5.02 Å². The molecular formula is C26H23ClN2O3. The molecule has 0 saturated carbocycles. The highest BCUT2D eigenvalue weighted by Gasteiger charge is 2.23. The number of aromatic carboxylic acids is 1. The molecule has 0 saturated heterocycles. The number of hydrogen-bond donors (Lipinski definition) is 1. The lowest BCUT2D eigenvalue weighted by atomic mass is 10.0. The second-order valence-corrected chi connectivity index (χ2v) is 8.09. The van der Waals surface area contributed by atoms with Crippen LogP contribution in [0.15, 0.2) is 78.8 Å². The zero-order chi connectivity index (χ0) is 22.7. The Hall–Kier alpha value is -3.57. The molecule has 0 bridgehead atoms. The predicted octanol–water partition coefficient (Wildman–Crippen LogP) is 6.48. The van der Waals surface area contributed by atoms with Gasteiger partial charge in [-0.15, -0.1) is 0 Å². The number of aromatic nitrogens is 1. The monoisotopic (exact) mass is 446 g/mol. The van der Waals surface area contributed by atoms with Crippen LogP contribution in [0.1, 0.15) is 40.4 Å². The highest BCUT2D eigenvalue weighted by molar-refractivity contribution is 6.30. The van der Waals surface area contributed by atoms with Crippen LogP contribution in [-0.2, 0) is 6.61 Å². The fourth-order valence-corrected chi connectivity index (χ4v) is 3.79. The lowest BCUT2D eigenvalue weighted by Crippen LogP contribution is -2.22. The summed E-state index contributed by atoms with van der Waals surface area (Å²) in [5.41, 5.74) is 5.82. The van der Waals surface area contributed by atoms with Gasteiger partial charge in [0.05, 0.1) is 23.1 Å². The van der Waals surface area contributed by atoms with Gasteiger partial charge in [-0.05, 0) is 56.2 Å². The molecule has 1 aliphatic heterocycles. The summed E-state index contributed by atoms with van der Waals surface area (Å²) in [6.07, 6.45) is 8.01. The maximum Gasteiger partial charge on any atom is 0.337 e. The number of carboxylic acid groups (broad SMARTS) is 1. The number of carboxylic acids is 1. The number of pyridine rings is 1. The SMILES string of the molecule is CC1=CCC=C(c2cc(C)ccc2OCc2ccc(Cl)cc2)N1c1cncc(C(=O)O)c1. The summed E-state index contributed by atoms with van der Waals surface area (Å²) in [7, 11) is 0. The maximum atomic E-state index is 11.5. The van der Waals surface area contributed by atoms with Crippen LogP contribution >= 0.6 is 11.6 Å². The fourth-order valence-electron chi connectivity index (χ4n) is 3.67. The Labute approximate surface area is 192 Å². The van der Waals surface area contributed by atoms with Gasteiger partial charge in [0.25, 0.3) is 0 Å². The van der Waals surface area contributed by atoms with E-state index >= 15 is 0 Å². The van der Waals surface area contributed by atoms with Gasteiger partial charge in [-0.25, -0.2) is 4.79 Å². The zero-order valence-electron chi connectivity index (χ0n) is 17.9. The minimum absolute atomic E-state index is 0.142. The average molecular weight is 447 g/mol. The molecule has 32 heavy (non-hydrogen) atoms. The number of hydrogen-bond acceptors (Lipinski definition) is 4. The first kappa shape index (κ1) is 21.7. The Morgan fingerprint density at radius 2 is 1.88 bits per heavy atom. The van der Waals surface area contributed by atoms with Gasteiger partial charge in [0, 0.05) is 22.5 Å². The molecule has 6 heteroatoms. The lowest BCUT2D eigenvalue weighted by molar-refractivity contribution is 0.0696. The summed E-state index contributed by atoms with van der Waals surface area (Å²) in [4.78, 5) is 17.7. The predicted molar refractivity (Wildman–Crippen MR) is 127 cm³/mol. The van der Waals surface area contributed by atoms with Crippen molar-refractivity contribution in [2.75, 3.05) is 4.90 Å². The largest absolute Gasteiger partial charge is 0.488 e. The van der Waals surface area contributed by atoms with E-state index in [-0.39, 0.29) is 5.56 Å². The topological polar surface area (TPSA) is 62.7 Å². The molecular weight excluding hydrogens is 424 g/mol. The first-order valence-corrected chi connectivity index (χ1v) is 10.6. The van der Waals surface area contributed by atoms with Crippen LogP contribution in [0.4, 0.5) is 5.69 Å². The van der Waals surface area contributed by atoms with Gasteiger partial charge >= 0.3 is 5.97 Å². The molecule has 0 aliphatic carbocycles. The minimum atomic E-state index is -1.01. The second kappa shape index (κ2) is 9.28. The molecule has 0 atom stereocenters. The number of rotatable bonds is 6. The van der Waals surface area contributed by atoms with E-state index in [0.717, 1.165) is 40.3 Å². The summed E-state index contributed by atoms with van der Waals surface area (Å²) in [6, 6.07) is 15.3. The molecule has 162 valence electrons. The van der Waals surface area contributed by atoms with Crippen molar-refractivity contribution >= 4 is 29.0 Å². The third-order valence-electron chi connectivity index (χ3n) is 5.27. The number of nitrogens with zero attached hydrogens (tertiary/aromatic N) is 2. The molecule has 0 spiro atoms. The summed E-state index contributed by atoms with van der Waals surface area (Å²) < 4.78 is 6.21. The van der Waals surface area contributed by atoms with Crippen LogP contribution in [-0.4, -0.2) is 16.1 Å². The normalized spacial score (nSPS) is 13.4. The van der Waals surface area contributed by atoms with Gasteiger partial charge in [0.1, 0.15) is 12.4 Å². The van der Waals surface area contributed by atoms with Crippen molar-refractivity contribution in [3.63, 3.8) is 0 Å². The summed E-state index contributed by atoms with van der Waals surface area (Å²) >= 11 is 5.99. The van der Waals surface area contributed by atoms with E-state index < -0.39 is 5.97 Å². The van der Waals surface area contributed by atoms with E-state index in [0.29, 0.717) is 17.3 Å². The van der Waals surface area contributed by atoms with Crippen LogP contribution < -0.4 is 9.64 Å². The molecule has 5 nitrogen and oxygen atoms in total. The van der Waals surface area contributed by atoms with Gasteiger partial charge < -0.3 is 14.7 Å². The number of aryl methyl sites for hydroxylation is 1. The molecule has 2 heterocycles. The lowest BCUT2D eigenvalue weighted by Gasteiger charge is -2.32. The van der Waals surface area contributed by atoms with Gasteiger partial charge in [0.15, 0.2) is 0 Å². The molecule has 2 aromatic carbocycles. The fraction of sp³-hybridized carbons (Fsp3) is 0.154. The van der Waals surface area contributed by atoms with E-state index in [9.17, 15) is 9.90 Å². The van der Waals surface area contributed by atoms with Crippen molar-refractivity contribution in [3.8, 4) is 5.75 Å². The van der Waals surface area contributed by atoms with Crippen LogP contribution in [0.3, 0.4) is 0 Å². The Morgan fingerprint density at radius 3 is 2.62 bits per heavy atom. The van der Waals surface area contributed by atoms with E-state index in [2.05, 4.69) is 23.2 Å². The second-order valence-electron chi connectivity index (χ2n) is 7.66. The summed E-state index contributed by atoms with van der Waals surface area (Å²) in [5.74, 6) is -0.259. The van der Waals surface area contributed by atoms with Gasteiger partial charge in [0.2, 0.25) is 0 Å². The number of halogens is 1. The minimum Gasteiger partial charge on any atom is -0.488 e. The number of allylic oxidation sites excluding steroid dienone is 3. The molecule has 1 aromatic heterocycles. The van der Waals surface area contributed by atoms with Crippen molar-refractivity contribution in [1.29, 1.82) is 0 Å². The zero-order valence-corrected chi connectivity index (χ0v) is 18.6. The van der Waals surface area contributed by atoms with Crippen molar-refractivity contribution in [3.05, 3.63) is 106 Å². The van der Waals surface area contributed by atoms with Crippen LogP contribution in [0.25, 0.3) is 5.70 Å². The Kier molecular flexibility index (Phi) is 6.28. The molecule has 4 rings (SSSR count). The third kappa shape index (κ3) is 4.68. The number of ether oxygens (including phenoxy) is 1. The summed E-state index contributed by atoms with van der Waals surface area (Å²) in [6.45, 7) is 4.45. The molecule has 1 N–H and O–H groups in total. The highest BCUT2D eigenvalue weighted by atomic mass is 35.5. The van der Waals surface area contributed by atoms with E-state index in [4.69, 9.17) is 16.3 Å². The van der Waals surface area contributed by atoms with E-state index in [1.807, 2.05) is 55.1 Å². The van der Waals surface area contributed by atoms with E-state index in [1.165, 1.54) is 6.20 Å². The molecule has 0 unspecified atom stereocenters. The van der Waals surface area contributed by atoms with Gasteiger partial charge in [-0.1, -0.05) is 47.5 Å². The first-order valence-electron chi connectivity index (χ1n) is 10.3. The maximum absolute atomic E-state index is 11.5. The standard InChI is InChI=1S/C26H23ClN2O3/c1-17-6-11-25(32-16-19-7-9-21(27)10-8-19)23(12-17)24-5-3-4-18(2)29(24)22-13-20(26(30)31)14-28-15-22/h4-15H,3,16H2,1-2H3,(H,30,31). The third-order valence-corrected chi connectivity index (χ3v) is 5.52. The summed E-state index contributed by atoms with van der Waals surface area (Å²) in [5, 5.41) is 10.1. The van der Waals surface area contributed by atoms with Gasteiger partial charge in [-0.2, -0.15) is 0 Å². The molecule has 0 amide bonds. The quantitative estimate of drug-likeness (QED) is 0.469. The van der Waals surface area contributed by atoms with Crippen molar-refractivity contribution < 1.29 is 14.6 Å². The Balaban J connectivity index is 1.71. The molecule has 3 aromatic rings. The Bertz CT molecular complexity index is 1220. The highest BCUT2D eigenvalue weighted by Crippen LogP contribution is 2.38. The van der Waals surface area contributed by atoms with Crippen LogP contribution in [0.5, 0.6) is 5.75 Å². The van der Waals surface area contributed by atoms with E-state index in [1.54, 1.807) is 12.3 Å². The van der Waals surface area contributed by atoms with Crippen molar-refractivity contribution in [2.45, 2.75) is 26.9 Å². The first-order chi connectivity index (χ1) is 15.4. The number of anilines is 1. The van der Waals surface area contributed by atoms with Gasteiger partial charge in [-0.3, -0.25) is 4.98 Å². The van der Waals surface area contributed by atoms with Crippen molar-refractivity contribution in [2.24, 2.45) is 0 Å². The number of benzene rings is 2. The molecule has 1 aliphatic rings. The molecule has 0 radical (unpaired) electrons. The van der Waals surface area contributed by atoms with Crippen molar-refractivity contribution in [1.82, 2.24) is 4.98 Å². The smallest absolute Gasteiger partial charge is 0.337 e. The average Bonchev–Trinajstić information content (AvgIpc) is 2.79. The molecule has 0 fully saturated rings. The number of carbonyl (C=O) groups is 1. The van der Waals surface area contributed by atoms with Crippen LogP contribution in [0, 0.1) is 6.92 Å².